The van der Waals surface area contributed by atoms with Crippen LogP contribution in [0.25, 0.3) is 0 Å². The van der Waals surface area contributed by atoms with Crippen LogP contribution in [0.15, 0.2) is 77.2 Å². The zero-order chi connectivity index (χ0) is 26.6. The Morgan fingerprint density at radius 1 is 1.05 bits per heavy atom. The fourth-order valence-electron chi connectivity index (χ4n) is 5.01. The SMILES string of the molecule is COc1cccc(N(C2=CC=CS2(C)CN(C)C)S(=O)(=O)C2CCCCC2OC(=O)c2ccccc2)c1. The monoisotopic (exact) mass is 544 g/mol. The molecule has 0 radical (unpaired) electrons. The predicted molar refractivity (Wildman–Crippen MR) is 152 cm³/mol. The van der Waals surface area contributed by atoms with Crippen molar-refractivity contribution < 1.29 is 22.7 Å². The molecule has 3 atom stereocenters. The minimum atomic E-state index is -3.97. The number of carbonyl (C=O) groups excluding carboxylic acids is 1. The summed E-state index contributed by atoms with van der Waals surface area (Å²) in [5.74, 6) is 0.789. The number of nitrogens with zero attached hydrogens (tertiary/aromatic N) is 2. The number of anilines is 1. The summed E-state index contributed by atoms with van der Waals surface area (Å²) in [6.45, 7) is 0. The van der Waals surface area contributed by atoms with Gasteiger partial charge in [-0.05, 0) is 75.4 Å². The van der Waals surface area contributed by atoms with E-state index in [9.17, 15) is 13.2 Å². The molecule has 1 aliphatic carbocycles. The lowest BCUT2D eigenvalue weighted by Crippen LogP contribution is -2.48. The Balaban J connectivity index is 1.75. The Morgan fingerprint density at radius 2 is 1.78 bits per heavy atom. The standard InChI is InChI=1S/C28H36N2O5S2/c1-29(2)21-36(4)19-11-18-27(36)30(23-14-10-15-24(20-23)34-3)37(32,33)26-17-9-8-16-25(26)35-28(31)22-12-6-5-7-13-22/h5-7,10-15,18-20,25-26H,8-9,16-17,21H2,1-4H3. The molecule has 2 aromatic rings. The van der Waals surface area contributed by atoms with E-state index < -0.39 is 37.4 Å². The minimum Gasteiger partial charge on any atom is -0.497 e. The molecule has 0 N–H and O–H groups in total. The van der Waals surface area contributed by atoms with Crippen LogP contribution in [0.4, 0.5) is 5.69 Å². The third kappa shape index (κ3) is 5.89. The van der Waals surface area contributed by atoms with Crippen LogP contribution in [0, 0.1) is 0 Å². The number of sulfonamides is 1. The number of hydrogen-bond acceptors (Lipinski definition) is 6. The van der Waals surface area contributed by atoms with Gasteiger partial charge >= 0.3 is 5.97 Å². The minimum absolute atomic E-state index is 0.416. The lowest BCUT2D eigenvalue weighted by molar-refractivity contribution is 0.0222. The summed E-state index contributed by atoms with van der Waals surface area (Å²) in [7, 11) is -0.0354. The lowest BCUT2D eigenvalue weighted by atomic mass is 9.97. The Morgan fingerprint density at radius 3 is 2.49 bits per heavy atom. The van der Waals surface area contributed by atoms with E-state index in [0.29, 0.717) is 35.7 Å². The first-order chi connectivity index (χ1) is 17.7. The maximum absolute atomic E-state index is 14.6. The van der Waals surface area contributed by atoms with E-state index in [2.05, 4.69) is 16.6 Å². The van der Waals surface area contributed by atoms with Gasteiger partial charge in [-0.25, -0.2) is 17.5 Å². The third-order valence-electron chi connectivity index (χ3n) is 6.66. The highest BCUT2D eigenvalue weighted by Crippen LogP contribution is 2.59. The number of methoxy groups -OCH3 is 1. The molecule has 3 unspecified atom stereocenters. The van der Waals surface area contributed by atoms with E-state index in [1.165, 1.54) is 4.31 Å². The first-order valence-electron chi connectivity index (χ1n) is 12.4. The summed E-state index contributed by atoms with van der Waals surface area (Å²) in [6, 6.07) is 15.9. The van der Waals surface area contributed by atoms with Crippen LogP contribution in [0.5, 0.6) is 5.75 Å². The number of ether oxygens (including phenoxy) is 2. The zero-order valence-corrected chi connectivity index (χ0v) is 23.5. The van der Waals surface area contributed by atoms with E-state index >= 15 is 0 Å². The maximum atomic E-state index is 14.6. The molecule has 7 nitrogen and oxygen atoms in total. The molecule has 0 amide bonds. The Bertz CT molecular complexity index is 1280. The van der Waals surface area contributed by atoms with Gasteiger partial charge in [0.05, 0.1) is 23.4 Å². The number of hydrogen-bond donors (Lipinski definition) is 0. The summed E-state index contributed by atoms with van der Waals surface area (Å²) in [5, 5.41) is 2.01. The molecule has 1 fully saturated rings. The summed E-state index contributed by atoms with van der Waals surface area (Å²) in [4.78, 5) is 15.0. The molecule has 1 saturated carbocycles. The molecule has 0 bridgehead atoms. The maximum Gasteiger partial charge on any atom is 0.338 e. The highest BCUT2D eigenvalue weighted by atomic mass is 32.3. The lowest BCUT2D eigenvalue weighted by Gasteiger charge is -2.43. The molecule has 0 aromatic heterocycles. The van der Waals surface area contributed by atoms with E-state index in [0.717, 1.165) is 17.9 Å². The van der Waals surface area contributed by atoms with Crippen LogP contribution in [-0.4, -0.2) is 64.0 Å². The van der Waals surface area contributed by atoms with Crippen molar-refractivity contribution in [2.45, 2.75) is 37.0 Å². The molecule has 0 saturated heterocycles. The van der Waals surface area contributed by atoms with Crippen molar-refractivity contribution in [2.24, 2.45) is 0 Å². The molecular formula is C28H36N2O5S2. The molecule has 9 heteroatoms. The molecule has 1 aliphatic heterocycles. The van der Waals surface area contributed by atoms with Crippen LogP contribution >= 0.6 is 10.0 Å². The number of rotatable bonds is 9. The number of benzene rings is 2. The van der Waals surface area contributed by atoms with Gasteiger partial charge in [-0.1, -0.05) is 36.8 Å². The second-order valence-electron chi connectivity index (χ2n) is 9.84. The summed E-state index contributed by atoms with van der Waals surface area (Å²) in [5.41, 5.74) is 0.935. The van der Waals surface area contributed by atoms with Gasteiger partial charge in [-0.2, -0.15) is 10.0 Å². The Labute approximate surface area is 222 Å². The number of esters is 1. The Kier molecular flexibility index (Phi) is 8.36. The van der Waals surface area contributed by atoms with Crippen molar-refractivity contribution in [3.8, 4) is 5.75 Å². The van der Waals surface area contributed by atoms with Crippen LogP contribution in [0.1, 0.15) is 36.0 Å². The molecule has 200 valence electrons. The van der Waals surface area contributed by atoms with Crippen LogP contribution in [0.3, 0.4) is 0 Å². The van der Waals surface area contributed by atoms with Gasteiger partial charge in [0.1, 0.15) is 17.1 Å². The molecule has 37 heavy (non-hydrogen) atoms. The van der Waals surface area contributed by atoms with E-state index in [1.807, 2.05) is 32.3 Å². The first-order valence-corrected chi connectivity index (χ1v) is 16.2. The summed E-state index contributed by atoms with van der Waals surface area (Å²) >= 11 is 0. The smallest absolute Gasteiger partial charge is 0.338 e. The zero-order valence-electron chi connectivity index (χ0n) is 21.9. The molecule has 0 spiro atoms. The van der Waals surface area contributed by atoms with Crippen molar-refractivity contribution in [1.82, 2.24) is 4.90 Å². The van der Waals surface area contributed by atoms with Gasteiger partial charge in [-0.15, -0.1) is 0 Å². The van der Waals surface area contributed by atoms with Crippen LogP contribution in [0.2, 0.25) is 0 Å². The third-order valence-corrected chi connectivity index (χ3v) is 12.1. The van der Waals surface area contributed by atoms with Crippen molar-refractivity contribution in [2.75, 3.05) is 37.6 Å². The topological polar surface area (TPSA) is 76.2 Å². The molecule has 1 heterocycles. The largest absolute Gasteiger partial charge is 0.497 e. The first kappa shape index (κ1) is 27.3. The van der Waals surface area contributed by atoms with Gasteiger partial charge in [0, 0.05) is 11.9 Å². The van der Waals surface area contributed by atoms with Gasteiger partial charge in [0.25, 0.3) is 0 Å². The second kappa shape index (κ2) is 11.3. The average Bonchev–Trinajstić information content (AvgIpc) is 3.24. The van der Waals surface area contributed by atoms with Gasteiger partial charge in [-0.3, -0.25) is 0 Å². The van der Waals surface area contributed by atoms with E-state index in [1.54, 1.807) is 55.6 Å². The van der Waals surface area contributed by atoms with Crippen molar-refractivity contribution in [3.63, 3.8) is 0 Å². The predicted octanol–water partition coefficient (Wildman–Crippen LogP) is 5.32. The highest BCUT2D eigenvalue weighted by molar-refractivity contribution is 8.39. The van der Waals surface area contributed by atoms with Crippen molar-refractivity contribution >= 4 is 31.7 Å². The molecule has 2 aromatic carbocycles. The van der Waals surface area contributed by atoms with Crippen molar-refractivity contribution in [3.05, 3.63) is 82.7 Å². The average molecular weight is 545 g/mol. The summed E-state index contributed by atoms with van der Waals surface area (Å²) < 4.78 is 42.0. The quantitative estimate of drug-likeness (QED) is 0.398. The fourth-order valence-corrected chi connectivity index (χ4v) is 10.6. The number of carbonyl (C=O) groups is 1. The van der Waals surface area contributed by atoms with Gasteiger partial charge in [0.15, 0.2) is 0 Å². The van der Waals surface area contributed by atoms with Crippen LogP contribution < -0.4 is 9.04 Å². The second-order valence-corrected chi connectivity index (χ2v) is 15.1. The van der Waals surface area contributed by atoms with Gasteiger partial charge in [0.2, 0.25) is 10.0 Å². The fraction of sp³-hybridized carbons (Fsp3) is 0.393. The normalized spacial score (nSPS) is 25.3. The Hall–Kier alpha value is -2.75. The van der Waals surface area contributed by atoms with E-state index in [-0.39, 0.29) is 0 Å². The summed E-state index contributed by atoms with van der Waals surface area (Å²) in [6.07, 6.45) is 7.75. The van der Waals surface area contributed by atoms with Crippen LogP contribution in [-0.2, 0) is 14.8 Å². The van der Waals surface area contributed by atoms with E-state index in [4.69, 9.17) is 9.47 Å². The molecular weight excluding hydrogens is 508 g/mol. The molecule has 4 rings (SSSR count). The number of allylic oxidation sites excluding steroid dienone is 2. The highest BCUT2D eigenvalue weighted by Gasteiger charge is 2.45. The van der Waals surface area contributed by atoms with Crippen molar-refractivity contribution in [1.29, 1.82) is 0 Å². The van der Waals surface area contributed by atoms with Gasteiger partial charge < -0.3 is 14.4 Å². The molecule has 2 aliphatic rings.